The van der Waals surface area contributed by atoms with Gasteiger partial charge in [-0.15, -0.1) is 0 Å². The fourth-order valence-corrected chi connectivity index (χ4v) is 5.66. The summed E-state index contributed by atoms with van der Waals surface area (Å²) < 4.78 is 5.85. The third-order valence-electron chi connectivity index (χ3n) is 7.09. The number of ether oxygens (including phenoxy) is 1. The van der Waals surface area contributed by atoms with Crippen LogP contribution in [0.2, 0.25) is 0 Å². The maximum atomic E-state index is 12.8. The van der Waals surface area contributed by atoms with Crippen LogP contribution in [-0.4, -0.2) is 84.4 Å². The van der Waals surface area contributed by atoms with E-state index in [-0.39, 0.29) is 60.1 Å². The molecule has 0 spiro atoms. The molecule has 140 valence electrons. The van der Waals surface area contributed by atoms with Crippen LogP contribution in [0.5, 0.6) is 0 Å². The highest BCUT2D eigenvalue weighted by Gasteiger charge is 2.59. The molecule has 7 heteroatoms. The average molecular weight is 359 g/mol. The first-order valence-electron chi connectivity index (χ1n) is 9.68. The van der Waals surface area contributed by atoms with Gasteiger partial charge in [0.25, 0.3) is 0 Å². The van der Waals surface area contributed by atoms with E-state index in [0.717, 1.165) is 32.5 Å². The number of likely N-dealkylation sites (tertiary alicyclic amines) is 1. The number of carbonyl (C=O) groups excluding carboxylic acids is 3. The average Bonchev–Trinajstić information content (AvgIpc) is 3.31. The molecular formula is C19H25N3O4. The Labute approximate surface area is 152 Å². The Balaban J connectivity index is 1.27. The van der Waals surface area contributed by atoms with Crippen molar-refractivity contribution >= 4 is 17.7 Å². The van der Waals surface area contributed by atoms with E-state index in [0.29, 0.717) is 6.61 Å². The Kier molecular flexibility index (Phi) is 3.72. The zero-order valence-electron chi connectivity index (χ0n) is 15.0. The number of amides is 3. The van der Waals surface area contributed by atoms with Crippen LogP contribution in [0, 0.1) is 23.7 Å². The van der Waals surface area contributed by atoms with E-state index in [4.69, 9.17) is 4.74 Å². The Morgan fingerprint density at radius 2 is 1.88 bits per heavy atom. The molecule has 3 saturated heterocycles. The fourth-order valence-electron chi connectivity index (χ4n) is 5.66. The zero-order valence-corrected chi connectivity index (χ0v) is 15.0. The molecule has 7 nitrogen and oxygen atoms in total. The summed E-state index contributed by atoms with van der Waals surface area (Å²) in [5, 5.41) is 0. The minimum absolute atomic E-state index is 0.0178. The second kappa shape index (κ2) is 5.89. The van der Waals surface area contributed by atoms with Gasteiger partial charge in [0.2, 0.25) is 17.7 Å². The summed E-state index contributed by atoms with van der Waals surface area (Å²) in [4.78, 5) is 43.7. The van der Waals surface area contributed by atoms with Gasteiger partial charge in [0.1, 0.15) is 6.54 Å². The van der Waals surface area contributed by atoms with Gasteiger partial charge in [0.15, 0.2) is 0 Å². The van der Waals surface area contributed by atoms with Crippen molar-refractivity contribution in [3.63, 3.8) is 0 Å². The summed E-state index contributed by atoms with van der Waals surface area (Å²) >= 11 is 0. The predicted octanol–water partition coefficient (Wildman–Crippen LogP) is -0.275. The second-order valence-corrected chi connectivity index (χ2v) is 8.33. The first-order valence-corrected chi connectivity index (χ1v) is 9.68. The number of morpholine rings is 1. The first-order chi connectivity index (χ1) is 12.5. The van der Waals surface area contributed by atoms with Gasteiger partial charge in [0.05, 0.1) is 30.6 Å². The number of allylic oxidation sites excluding steroid dienone is 2. The van der Waals surface area contributed by atoms with E-state index in [1.807, 2.05) is 0 Å². The number of imide groups is 1. The monoisotopic (exact) mass is 359 g/mol. The lowest BCUT2D eigenvalue weighted by Crippen LogP contribution is -2.60. The summed E-state index contributed by atoms with van der Waals surface area (Å²) in [7, 11) is 1.78. The van der Waals surface area contributed by atoms with E-state index in [2.05, 4.69) is 17.1 Å². The second-order valence-electron chi connectivity index (χ2n) is 8.33. The normalized spacial score (nSPS) is 43.1. The molecule has 3 aliphatic heterocycles. The summed E-state index contributed by atoms with van der Waals surface area (Å²) in [5.41, 5.74) is 0. The molecule has 4 fully saturated rings. The summed E-state index contributed by atoms with van der Waals surface area (Å²) in [6, 6.07) is 0.0178. The van der Waals surface area contributed by atoms with Crippen LogP contribution in [-0.2, 0) is 19.1 Å². The Hall–Kier alpha value is -1.73. The van der Waals surface area contributed by atoms with Crippen LogP contribution in [0.1, 0.15) is 12.8 Å². The minimum atomic E-state index is -0.236. The molecule has 0 aromatic heterocycles. The van der Waals surface area contributed by atoms with Gasteiger partial charge in [-0.1, -0.05) is 12.2 Å². The van der Waals surface area contributed by atoms with Gasteiger partial charge in [-0.3, -0.25) is 24.2 Å². The van der Waals surface area contributed by atoms with Crippen molar-refractivity contribution in [2.24, 2.45) is 23.7 Å². The van der Waals surface area contributed by atoms with Crippen molar-refractivity contribution in [3.05, 3.63) is 12.2 Å². The van der Waals surface area contributed by atoms with Gasteiger partial charge in [-0.2, -0.15) is 0 Å². The Bertz CT molecular complexity index is 662. The lowest BCUT2D eigenvalue weighted by molar-refractivity contribution is -0.151. The maximum absolute atomic E-state index is 12.8. The maximum Gasteiger partial charge on any atom is 0.242 e. The molecule has 0 aromatic carbocycles. The van der Waals surface area contributed by atoms with Crippen molar-refractivity contribution in [1.82, 2.24) is 14.7 Å². The highest BCUT2D eigenvalue weighted by atomic mass is 16.5. The third kappa shape index (κ3) is 2.29. The highest BCUT2D eigenvalue weighted by Crippen LogP contribution is 2.52. The summed E-state index contributed by atoms with van der Waals surface area (Å²) in [5.74, 6) is -0.580. The minimum Gasteiger partial charge on any atom is -0.373 e. The number of nitrogens with zero attached hydrogens (tertiary/aromatic N) is 3. The SMILES string of the molecule is CN(C(=O)CN1C(=O)C2C3C=CC(C3)C2C1=O)C1CCN2CCOC1C2. The van der Waals surface area contributed by atoms with E-state index >= 15 is 0 Å². The molecule has 0 radical (unpaired) electrons. The molecule has 5 rings (SSSR count). The molecular weight excluding hydrogens is 334 g/mol. The number of hydrogen-bond donors (Lipinski definition) is 0. The van der Waals surface area contributed by atoms with Crippen molar-refractivity contribution in [2.45, 2.75) is 25.0 Å². The van der Waals surface area contributed by atoms with Gasteiger partial charge in [-0.25, -0.2) is 0 Å². The van der Waals surface area contributed by atoms with Crippen LogP contribution in [0.25, 0.3) is 0 Å². The Morgan fingerprint density at radius 3 is 2.58 bits per heavy atom. The molecule has 7 atom stereocenters. The van der Waals surface area contributed by atoms with E-state index < -0.39 is 0 Å². The highest BCUT2D eigenvalue weighted by molar-refractivity contribution is 6.08. The number of hydrogen-bond acceptors (Lipinski definition) is 5. The van der Waals surface area contributed by atoms with Crippen LogP contribution < -0.4 is 0 Å². The van der Waals surface area contributed by atoms with Gasteiger partial charge in [-0.05, 0) is 24.7 Å². The van der Waals surface area contributed by atoms with Gasteiger partial charge >= 0.3 is 0 Å². The molecule has 7 unspecified atom stereocenters. The topological polar surface area (TPSA) is 70.2 Å². The molecule has 3 heterocycles. The largest absolute Gasteiger partial charge is 0.373 e. The molecule has 26 heavy (non-hydrogen) atoms. The molecule has 0 aromatic rings. The lowest BCUT2D eigenvalue weighted by Gasteiger charge is -2.45. The van der Waals surface area contributed by atoms with Gasteiger partial charge < -0.3 is 9.64 Å². The number of piperidine rings is 1. The van der Waals surface area contributed by atoms with Crippen LogP contribution in [0.15, 0.2) is 12.2 Å². The first kappa shape index (κ1) is 16.4. The molecule has 4 bridgehead atoms. The van der Waals surface area contributed by atoms with E-state index in [1.165, 1.54) is 4.90 Å². The van der Waals surface area contributed by atoms with Crippen molar-refractivity contribution in [3.8, 4) is 0 Å². The standard InChI is InChI=1S/C19H25N3O4/c1-20(13-4-5-21-6-7-26-14(13)9-21)15(23)10-22-18(24)16-11-2-3-12(8-11)17(16)19(22)25/h2-3,11-14,16-17H,4-10H2,1H3. The summed E-state index contributed by atoms with van der Waals surface area (Å²) in [6.45, 7) is 3.34. The predicted molar refractivity (Wildman–Crippen MR) is 91.8 cm³/mol. The number of rotatable bonds is 3. The van der Waals surface area contributed by atoms with E-state index in [1.54, 1.807) is 11.9 Å². The number of likely N-dealkylation sites (N-methyl/N-ethyl adjacent to an activating group) is 1. The lowest BCUT2D eigenvalue weighted by atomic mass is 9.85. The smallest absolute Gasteiger partial charge is 0.242 e. The zero-order chi connectivity index (χ0) is 18.0. The van der Waals surface area contributed by atoms with Crippen LogP contribution in [0.4, 0.5) is 0 Å². The van der Waals surface area contributed by atoms with Crippen molar-refractivity contribution in [1.29, 1.82) is 0 Å². The third-order valence-corrected chi connectivity index (χ3v) is 7.09. The molecule has 5 aliphatic rings. The number of carbonyl (C=O) groups is 3. The molecule has 3 amide bonds. The number of fused-ring (bicyclic) bond motifs is 7. The van der Waals surface area contributed by atoms with Crippen molar-refractivity contribution in [2.75, 3.05) is 39.8 Å². The van der Waals surface area contributed by atoms with E-state index in [9.17, 15) is 14.4 Å². The van der Waals surface area contributed by atoms with Crippen LogP contribution >= 0.6 is 0 Å². The van der Waals surface area contributed by atoms with Crippen LogP contribution in [0.3, 0.4) is 0 Å². The fraction of sp³-hybridized carbons (Fsp3) is 0.737. The molecule has 1 saturated carbocycles. The Morgan fingerprint density at radius 1 is 1.19 bits per heavy atom. The quantitative estimate of drug-likeness (QED) is 0.512. The molecule has 0 N–H and O–H groups in total. The summed E-state index contributed by atoms with van der Waals surface area (Å²) in [6.07, 6.45) is 5.95. The van der Waals surface area contributed by atoms with Gasteiger partial charge in [0, 0.05) is 26.7 Å². The molecule has 2 aliphatic carbocycles. The van der Waals surface area contributed by atoms with Crippen molar-refractivity contribution < 1.29 is 19.1 Å².